The molecule has 5 heteroatoms. The topological polar surface area (TPSA) is 26.3 Å². The molecule has 0 amide bonds. The van der Waals surface area contributed by atoms with E-state index in [1.165, 1.54) is 37.8 Å². The monoisotopic (exact) mass is 384 g/mol. The molecule has 0 unspecified atom stereocenters. The summed E-state index contributed by atoms with van der Waals surface area (Å²) in [7, 11) is 0. The molecule has 1 aromatic rings. The van der Waals surface area contributed by atoms with Crippen molar-refractivity contribution in [2.24, 2.45) is 11.8 Å². The van der Waals surface area contributed by atoms with Gasteiger partial charge in [-0.2, -0.15) is 0 Å². The summed E-state index contributed by atoms with van der Waals surface area (Å²) in [6.07, 6.45) is 6.25. The van der Waals surface area contributed by atoms with Crippen LogP contribution in [0.1, 0.15) is 94.0 Å². The molecule has 0 spiro atoms. The maximum Gasteiger partial charge on any atom is 0.267 e. The lowest BCUT2D eigenvalue weighted by atomic mass is 9.77. The number of unbranched alkanes of at least 4 members (excludes halogenated alkanes) is 2. The van der Waals surface area contributed by atoms with Crippen LogP contribution in [0.4, 0.5) is 13.2 Å². The zero-order chi connectivity index (χ0) is 19.8. The van der Waals surface area contributed by atoms with Crippen LogP contribution in [0.5, 0.6) is 5.75 Å². The molecular weight excluding hydrogens is 353 g/mol. The van der Waals surface area contributed by atoms with Gasteiger partial charge in [0.05, 0.1) is 12.2 Å². The maximum atomic E-state index is 14.4. The van der Waals surface area contributed by atoms with Crippen LogP contribution in [-0.2, 0) is 0 Å². The minimum atomic E-state index is -3.04. The molecule has 27 heavy (non-hydrogen) atoms. The van der Waals surface area contributed by atoms with Crippen LogP contribution in [-0.4, -0.2) is 12.4 Å². The molecule has 1 aliphatic rings. The molecule has 0 saturated heterocycles. The molecule has 0 atom stereocenters. The lowest BCUT2D eigenvalue weighted by Crippen LogP contribution is -2.18. The van der Waals surface area contributed by atoms with E-state index in [0.29, 0.717) is 0 Å². The number of ether oxygens (including phenoxy) is 1. The smallest absolute Gasteiger partial charge is 0.267 e. The predicted octanol–water partition coefficient (Wildman–Crippen LogP) is 7.12. The first kappa shape index (κ1) is 21.8. The second kappa shape index (κ2) is 10.7. The minimum Gasteiger partial charge on any atom is -0.491 e. The third kappa shape index (κ3) is 5.98. The summed E-state index contributed by atoms with van der Waals surface area (Å²) in [6.45, 7) is 4.02. The lowest BCUT2D eigenvalue weighted by molar-refractivity contribution is 0.0925. The minimum absolute atomic E-state index is 0.175. The number of ketones is 1. The summed E-state index contributed by atoms with van der Waals surface area (Å²) < 4.78 is 46.2. The van der Waals surface area contributed by atoms with Gasteiger partial charge in [0.2, 0.25) is 0 Å². The summed E-state index contributed by atoms with van der Waals surface area (Å²) in [6, 6.07) is 2.57. The van der Waals surface area contributed by atoms with Crippen LogP contribution in [0.15, 0.2) is 12.1 Å². The zero-order valence-electron chi connectivity index (χ0n) is 16.4. The molecule has 1 saturated carbocycles. The van der Waals surface area contributed by atoms with E-state index in [9.17, 15) is 18.0 Å². The van der Waals surface area contributed by atoms with Crippen molar-refractivity contribution < 1.29 is 22.7 Å². The third-order valence-electron chi connectivity index (χ3n) is 5.62. The lowest BCUT2D eigenvalue weighted by Gasteiger charge is -2.28. The molecule has 0 aromatic heterocycles. The predicted molar refractivity (Wildman–Crippen MR) is 101 cm³/mol. The Morgan fingerprint density at radius 2 is 1.78 bits per heavy atom. The highest BCUT2D eigenvalue weighted by Gasteiger charge is 2.28. The number of carbonyl (C=O) groups is 1. The molecule has 0 aliphatic heterocycles. The van der Waals surface area contributed by atoms with Crippen molar-refractivity contribution in [3.63, 3.8) is 0 Å². The van der Waals surface area contributed by atoms with Gasteiger partial charge in [0.25, 0.3) is 6.43 Å². The van der Waals surface area contributed by atoms with Crippen LogP contribution in [0.3, 0.4) is 0 Å². The van der Waals surface area contributed by atoms with Gasteiger partial charge in [-0.3, -0.25) is 4.79 Å². The number of hydrogen-bond donors (Lipinski definition) is 0. The SMILES string of the molecule is CCCCCC1CCC(CC(=O)c2ccc(OCC)c(F)c2C(F)F)CC1. The molecule has 152 valence electrons. The van der Waals surface area contributed by atoms with Gasteiger partial charge in [-0.25, -0.2) is 13.2 Å². The summed E-state index contributed by atoms with van der Waals surface area (Å²) in [5.74, 6) is -0.793. The normalized spacial score (nSPS) is 20.1. The molecular formula is C22H31F3O2. The summed E-state index contributed by atoms with van der Waals surface area (Å²) in [5, 5.41) is 0. The van der Waals surface area contributed by atoms with Gasteiger partial charge in [-0.1, -0.05) is 45.4 Å². The van der Waals surface area contributed by atoms with E-state index in [1.807, 2.05) is 0 Å². The van der Waals surface area contributed by atoms with Crippen molar-refractivity contribution in [2.45, 2.75) is 78.1 Å². The van der Waals surface area contributed by atoms with Gasteiger partial charge >= 0.3 is 0 Å². The Morgan fingerprint density at radius 3 is 2.37 bits per heavy atom. The summed E-state index contributed by atoms with van der Waals surface area (Å²) >= 11 is 0. The van der Waals surface area contributed by atoms with Crippen molar-refractivity contribution >= 4 is 5.78 Å². The molecule has 1 aromatic carbocycles. The van der Waals surface area contributed by atoms with E-state index in [-0.39, 0.29) is 36.0 Å². The first-order valence-corrected chi connectivity index (χ1v) is 10.2. The maximum absolute atomic E-state index is 14.4. The molecule has 1 aliphatic carbocycles. The van der Waals surface area contributed by atoms with E-state index < -0.39 is 17.8 Å². The highest BCUT2D eigenvalue weighted by atomic mass is 19.3. The Kier molecular flexibility index (Phi) is 8.65. The van der Waals surface area contributed by atoms with E-state index in [1.54, 1.807) is 6.92 Å². The van der Waals surface area contributed by atoms with Crippen LogP contribution in [0.25, 0.3) is 0 Å². The Balaban J connectivity index is 1.99. The number of benzene rings is 1. The second-order valence-electron chi connectivity index (χ2n) is 7.58. The fourth-order valence-corrected chi connectivity index (χ4v) is 4.08. The fourth-order valence-electron chi connectivity index (χ4n) is 4.08. The number of carbonyl (C=O) groups excluding carboxylic acids is 1. The number of rotatable bonds is 10. The molecule has 0 N–H and O–H groups in total. The Labute approximate surface area is 160 Å². The Morgan fingerprint density at radius 1 is 1.11 bits per heavy atom. The van der Waals surface area contributed by atoms with Gasteiger partial charge in [-0.05, 0) is 43.7 Å². The van der Waals surface area contributed by atoms with E-state index in [2.05, 4.69) is 6.92 Å². The van der Waals surface area contributed by atoms with Crippen LogP contribution >= 0.6 is 0 Å². The Bertz CT molecular complexity index is 608. The van der Waals surface area contributed by atoms with Crippen LogP contribution in [0, 0.1) is 17.7 Å². The Hall–Kier alpha value is -1.52. The van der Waals surface area contributed by atoms with Gasteiger partial charge in [0, 0.05) is 12.0 Å². The van der Waals surface area contributed by atoms with Gasteiger partial charge in [0.15, 0.2) is 17.3 Å². The average molecular weight is 384 g/mol. The van der Waals surface area contributed by atoms with Crippen molar-refractivity contribution in [1.29, 1.82) is 0 Å². The molecule has 2 rings (SSSR count). The van der Waals surface area contributed by atoms with E-state index in [0.717, 1.165) is 31.6 Å². The molecule has 0 bridgehead atoms. The van der Waals surface area contributed by atoms with Crippen LogP contribution in [0.2, 0.25) is 0 Å². The highest BCUT2D eigenvalue weighted by Crippen LogP contribution is 2.36. The second-order valence-corrected chi connectivity index (χ2v) is 7.58. The fraction of sp³-hybridized carbons (Fsp3) is 0.682. The standard InChI is InChI=1S/C22H31F3O2/c1-3-5-6-7-15-8-10-16(11-9-15)14-18(26)17-12-13-19(27-4-2)21(23)20(17)22(24)25/h12-13,15-16,22H,3-11,14H2,1-2H3. The van der Waals surface area contributed by atoms with Gasteiger partial charge in [-0.15, -0.1) is 0 Å². The van der Waals surface area contributed by atoms with Crippen molar-refractivity contribution in [3.8, 4) is 5.75 Å². The number of halogens is 3. The molecule has 1 fully saturated rings. The molecule has 0 radical (unpaired) electrons. The zero-order valence-corrected chi connectivity index (χ0v) is 16.4. The summed E-state index contributed by atoms with van der Waals surface area (Å²) in [5.41, 5.74) is -1.02. The van der Waals surface area contributed by atoms with Crippen molar-refractivity contribution in [3.05, 3.63) is 29.1 Å². The number of hydrogen-bond acceptors (Lipinski definition) is 2. The first-order valence-electron chi connectivity index (χ1n) is 10.2. The summed E-state index contributed by atoms with van der Waals surface area (Å²) in [4.78, 5) is 12.6. The van der Waals surface area contributed by atoms with Gasteiger partial charge < -0.3 is 4.74 Å². The highest BCUT2D eigenvalue weighted by molar-refractivity contribution is 5.98. The van der Waals surface area contributed by atoms with Crippen molar-refractivity contribution in [1.82, 2.24) is 0 Å². The first-order chi connectivity index (χ1) is 13.0. The quantitative estimate of drug-likeness (QED) is 0.317. The molecule has 2 nitrogen and oxygen atoms in total. The van der Waals surface area contributed by atoms with E-state index >= 15 is 0 Å². The van der Waals surface area contributed by atoms with Crippen molar-refractivity contribution in [2.75, 3.05) is 6.61 Å². The van der Waals surface area contributed by atoms with E-state index in [4.69, 9.17) is 4.74 Å². The van der Waals surface area contributed by atoms with Gasteiger partial charge in [0.1, 0.15) is 0 Å². The third-order valence-corrected chi connectivity index (χ3v) is 5.62. The number of alkyl halides is 2. The van der Waals surface area contributed by atoms with Crippen LogP contribution < -0.4 is 4.74 Å². The largest absolute Gasteiger partial charge is 0.491 e. The number of Topliss-reactive ketones (excluding diaryl/α,β-unsaturated/α-hetero) is 1. The molecule has 0 heterocycles. The average Bonchev–Trinajstić information content (AvgIpc) is 2.64.